The summed E-state index contributed by atoms with van der Waals surface area (Å²) in [7, 11) is -3.51. The average molecular weight is 297 g/mol. The third-order valence-corrected chi connectivity index (χ3v) is 3.87. The molecule has 1 unspecified atom stereocenters. The molecular formula is C14H19NO4S. The van der Waals surface area contributed by atoms with Crippen molar-refractivity contribution in [1.29, 1.82) is 0 Å². The minimum absolute atomic E-state index is 0.0122. The van der Waals surface area contributed by atoms with E-state index in [0.717, 1.165) is 17.4 Å². The van der Waals surface area contributed by atoms with Crippen LogP contribution in [-0.2, 0) is 31.0 Å². The quantitative estimate of drug-likeness (QED) is 0.796. The van der Waals surface area contributed by atoms with Crippen LogP contribution >= 0.6 is 0 Å². The van der Waals surface area contributed by atoms with E-state index in [2.05, 4.69) is 4.99 Å². The van der Waals surface area contributed by atoms with E-state index < -0.39 is 15.5 Å². The van der Waals surface area contributed by atoms with Crippen LogP contribution in [0.5, 0.6) is 0 Å². The van der Waals surface area contributed by atoms with Gasteiger partial charge in [-0.2, -0.15) is 8.42 Å². The first-order valence-corrected chi connectivity index (χ1v) is 8.29. The SMILES string of the molecule is CCOC1=NCc2ccccc2C1(C)COS(C)(=O)=O. The summed E-state index contributed by atoms with van der Waals surface area (Å²) < 4.78 is 33.2. The summed E-state index contributed by atoms with van der Waals surface area (Å²) in [5.74, 6) is 0.530. The smallest absolute Gasteiger partial charge is 0.264 e. The fourth-order valence-electron chi connectivity index (χ4n) is 2.35. The predicted octanol–water partition coefficient (Wildman–Crippen LogP) is 1.87. The van der Waals surface area contributed by atoms with Crippen LogP contribution in [0.2, 0.25) is 0 Å². The number of ether oxygens (including phenoxy) is 1. The van der Waals surface area contributed by atoms with Gasteiger partial charge in [0, 0.05) is 0 Å². The molecule has 0 spiro atoms. The summed E-state index contributed by atoms with van der Waals surface area (Å²) in [6.07, 6.45) is 1.04. The van der Waals surface area contributed by atoms with E-state index in [0.29, 0.717) is 19.0 Å². The van der Waals surface area contributed by atoms with E-state index >= 15 is 0 Å². The molecule has 0 amide bonds. The highest BCUT2D eigenvalue weighted by Gasteiger charge is 2.40. The second-order valence-corrected chi connectivity index (χ2v) is 6.65. The predicted molar refractivity (Wildman–Crippen MR) is 77.4 cm³/mol. The Labute approximate surface area is 119 Å². The molecule has 5 nitrogen and oxygen atoms in total. The van der Waals surface area contributed by atoms with Crippen LogP contribution in [0.4, 0.5) is 0 Å². The maximum Gasteiger partial charge on any atom is 0.264 e. The molecule has 0 radical (unpaired) electrons. The number of hydrogen-bond acceptors (Lipinski definition) is 5. The van der Waals surface area contributed by atoms with Crippen molar-refractivity contribution in [3.63, 3.8) is 0 Å². The second kappa shape index (κ2) is 5.54. The fraction of sp³-hybridized carbons (Fsp3) is 0.500. The minimum Gasteiger partial charge on any atom is -0.481 e. The van der Waals surface area contributed by atoms with Gasteiger partial charge >= 0.3 is 0 Å². The van der Waals surface area contributed by atoms with Crippen molar-refractivity contribution in [1.82, 2.24) is 0 Å². The van der Waals surface area contributed by atoms with Gasteiger partial charge in [-0.25, -0.2) is 0 Å². The molecular weight excluding hydrogens is 278 g/mol. The number of hydrogen-bond donors (Lipinski definition) is 0. The lowest BCUT2D eigenvalue weighted by atomic mass is 9.78. The van der Waals surface area contributed by atoms with E-state index in [1.54, 1.807) is 0 Å². The van der Waals surface area contributed by atoms with Crippen molar-refractivity contribution in [2.75, 3.05) is 19.5 Å². The molecule has 0 aromatic heterocycles. The number of aliphatic imine (C=N–C) groups is 1. The molecule has 1 aliphatic heterocycles. The molecule has 2 rings (SSSR count). The highest BCUT2D eigenvalue weighted by Crippen LogP contribution is 2.34. The maximum atomic E-state index is 11.3. The van der Waals surface area contributed by atoms with Crippen LogP contribution in [-0.4, -0.2) is 33.8 Å². The van der Waals surface area contributed by atoms with Crippen LogP contribution < -0.4 is 0 Å². The lowest BCUT2D eigenvalue weighted by Gasteiger charge is -2.34. The van der Waals surface area contributed by atoms with Crippen molar-refractivity contribution in [3.8, 4) is 0 Å². The zero-order valence-corrected chi connectivity index (χ0v) is 12.7. The zero-order chi connectivity index (χ0) is 14.8. The van der Waals surface area contributed by atoms with Gasteiger partial charge in [-0.1, -0.05) is 24.3 Å². The summed E-state index contributed by atoms with van der Waals surface area (Å²) in [6, 6.07) is 7.82. The molecule has 1 aliphatic rings. The summed E-state index contributed by atoms with van der Waals surface area (Å²) >= 11 is 0. The lowest BCUT2D eigenvalue weighted by molar-refractivity contribution is 0.226. The van der Waals surface area contributed by atoms with Gasteiger partial charge in [0.05, 0.1) is 31.4 Å². The van der Waals surface area contributed by atoms with E-state index in [4.69, 9.17) is 8.92 Å². The summed E-state index contributed by atoms with van der Waals surface area (Å²) in [4.78, 5) is 4.43. The van der Waals surface area contributed by atoms with Crippen molar-refractivity contribution in [3.05, 3.63) is 35.4 Å². The Kier molecular flexibility index (Phi) is 4.15. The number of fused-ring (bicyclic) bond motifs is 1. The fourth-order valence-corrected chi connectivity index (χ4v) is 2.80. The molecule has 1 aromatic rings. The van der Waals surface area contributed by atoms with Crippen LogP contribution in [0.1, 0.15) is 25.0 Å². The molecule has 1 aromatic carbocycles. The summed E-state index contributed by atoms with van der Waals surface area (Å²) in [5.41, 5.74) is 1.38. The van der Waals surface area contributed by atoms with Crippen LogP contribution in [0.15, 0.2) is 29.3 Å². The maximum absolute atomic E-state index is 11.3. The van der Waals surface area contributed by atoms with Gasteiger partial charge in [-0.3, -0.25) is 9.18 Å². The van der Waals surface area contributed by atoms with Crippen molar-refractivity contribution < 1.29 is 17.3 Å². The van der Waals surface area contributed by atoms with Crippen LogP contribution in [0.3, 0.4) is 0 Å². The monoisotopic (exact) mass is 297 g/mol. The Bertz CT molecular complexity index is 624. The molecule has 110 valence electrons. The van der Waals surface area contributed by atoms with Gasteiger partial charge in [-0.15, -0.1) is 0 Å². The topological polar surface area (TPSA) is 65.0 Å². The van der Waals surface area contributed by atoms with Gasteiger partial charge in [0.1, 0.15) is 0 Å². The average Bonchev–Trinajstić information content (AvgIpc) is 2.40. The van der Waals surface area contributed by atoms with Crippen LogP contribution in [0.25, 0.3) is 0 Å². The molecule has 6 heteroatoms. The lowest BCUT2D eigenvalue weighted by Crippen LogP contribution is -2.42. The van der Waals surface area contributed by atoms with E-state index in [-0.39, 0.29) is 6.61 Å². The summed E-state index contributed by atoms with van der Waals surface area (Å²) in [5, 5.41) is 0. The standard InChI is InChI=1S/C14H19NO4S/c1-4-18-13-14(2,10-19-20(3,16)17)12-8-6-5-7-11(12)9-15-13/h5-8H,4,9-10H2,1-3H3. The van der Waals surface area contributed by atoms with Gasteiger partial charge in [0.2, 0.25) is 0 Å². The minimum atomic E-state index is -3.51. The normalized spacial score (nSPS) is 22.1. The van der Waals surface area contributed by atoms with E-state index in [1.807, 2.05) is 38.1 Å². The van der Waals surface area contributed by atoms with Crippen molar-refractivity contribution >= 4 is 16.0 Å². The first-order valence-electron chi connectivity index (χ1n) is 6.47. The first-order chi connectivity index (χ1) is 9.37. The van der Waals surface area contributed by atoms with Crippen molar-refractivity contribution in [2.24, 2.45) is 4.99 Å². The molecule has 0 bridgehead atoms. The number of rotatable bonds is 4. The van der Waals surface area contributed by atoms with Gasteiger partial charge in [-0.05, 0) is 25.0 Å². The Morgan fingerprint density at radius 3 is 2.70 bits per heavy atom. The first kappa shape index (κ1) is 15.0. The third kappa shape index (κ3) is 3.02. The van der Waals surface area contributed by atoms with Gasteiger partial charge in [0.15, 0.2) is 5.90 Å². The van der Waals surface area contributed by atoms with E-state index in [1.165, 1.54) is 0 Å². The molecule has 0 fully saturated rings. The third-order valence-electron chi connectivity index (χ3n) is 3.32. The Morgan fingerprint density at radius 2 is 2.05 bits per heavy atom. The molecule has 1 heterocycles. The Hall–Kier alpha value is -1.40. The highest BCUT2D eigenvalue weighted by atomic mass is 32.2. The van der Waals surface area contributed by atoms with E-state index in [9.17, 15) is 8.42 Å². The molecule has 20 heavy (non-hydrogen) atoms. The molecule has 0 saturated carbocycles. The van der Waals surface area contributed by atoms with Gasteiger partial charge < -0.3 is 4.74 Å². The summed E-state index contributed by atoms with van der Waals surface area (Å²) in [6.45, 7) is 4.78. The van der Waals surface area contributed by atoms with Gasteiger partial charge in [0.25, 0.3) is 10.1 Å². The molecule has 0 N–H and O–H groups in total. The zero-order valence-electron chi connectivity index (χ0n) is 11.9. The van der Waals surface area contributed by atoms with Crippen LogP contribution in [0, 0.1) is 0 Å². The molecule has 1 atom stereocenters. The van der Waals surface area contributed by atoms with Crippen molar-refractivity contribution in [2.45, 2.75) is 25.8 Å². The number of benzene rings is 1. The molecule has 0 aliphatic carbocycles. The Morgan fingerprint density at radius 1 is 1.35 bits per heavy atom. The second-order valence-electron chi connectivity index (χ2n) is 5.01. The largest absolute Gasteiger partial charge is 0.481 e. The number of nitrogens with zero attached hydrogens (tertiary/aromatic N) is 1. The Balaban J connectivity index is 2.41. The highest BCUT2D eigenvalue weighted by molar-refractivity contribution is 7.85. The molecule has 0 saturated heterocycles.